The van der Waals surface area contributed by atoms with E-state index in [4.69, 9.17) is 0 Å². The van der Waals surface area contributed by atoms with Gasteiger partial charge in [0.15, 0.2) is 0 Å². The second-order valence-corrected chi connectivity index (χ2v) is 6.62. The minimum absolute atomic E-state index is 0.0618. The number of hydrogen-bond donors (Lipinski definition) is 1. The number of aromatic nitrogens is 3. The number of anilines is 1. The summed E-state index contributed by atoms with van der Waals surface area (Å²) in [7, 11) is 0. The summed E-state index contributed by atoms with van der Waals surface area (Å²) in [4.78, 5) is 16.1. The number of thioether (sulfide) groups is 1. The van der Waals surface area contributed by atoms with Crippen molar-refractivity contribution in [3.63, 3.8) is 0 Å². The molecule has 0 aliphatic rings. The summed E-state index contributed by atoms with van der Waals surface area (Å²) in [6.07, 6.45) is 3.44. The summed E-state index contributed by atoms with van der Waals surface area (Å²) in [6, 6.07) is 13.4. The van der Waals surface area contributed by atoms with Crippen LogP contribution in [0.4, 0.5) is 5.69 Å². The lowest BCUT2D eigenvalue weighted by atomic mass is 10.1. The van der Waals surface area contributed by atoms with Gasteiger partial charge in [0, 0.05) is 23.6 Å². The number of carbonyl (C=O) groups is 1. The summed E-state index contributed by atoms with van der Waals surface area (Å²) in [6.45, 7) is 4.07. The number of amides is 1. The van der Waals surface area contributed by atoms with E-state index >= 15 is 0 Å². The van der Waals surface area contributed by atoms with Crippen LogP contribution in [-0.4, -0.2) is 26.8 Å². The number of benzene rings is 1. The lowest BCUT2D eigenvalue weighted by Crippen LogP contribution is -2.14. The molecule has 0 saturated carbocycles. The van der Waals surface area contributed by atoms with E-state index in [2.05, 4.69) is 20.5 Å². The summed E-state index contributed by atoms with van der Waals surface area (Å²) < 4.78 is 0. The molecule has 0 aliphatic carbocycles. The van der Waals surface area contributed by atoms with Crippen molar-refractivity contribution >= 4 is 23.4 Å². The van der Waals surface area contributed by atoms with Gasteiger partial charge in [-0.3, -0.25) is 9.78 Å². The van der Waals surface area contributed by atoms with Gasteiger partial charge in [0.2, 0.25) is 5.91 Å². The molecule has 25 heavy (non-hydrogen) atoms. The number of aryl methyl sites for hydroxylation is 2. The highest BCUT2D eigenvalue weighted by atomic mass is 32.2. The molecule has 0 unspecified atom stereocenters. The van der Waals surface area contributed by atoms with Gasteiger partial charge in [-0.05, 0) is 61.4 Å². The van der Waals surface area contributed by atoms with Crippen molar-refractivity contribution < 1.29 is 4.79 Å². The van der Waals surface area contributed by atoms with Crippen LogP contribution in [0.15, 0.2) is 59.9 Å². The molecular weight excluding hydrogens is 332 g/mol. The van der Waals surface area contributed by atoms with Crippen LogP contribution in [-0.2, 0) is 4.79 Å². The Morgan fingerprint density at radius 3 is 2.48 bits per heavy atom. The van der Waals surface area contributed by atoms with Crippen LogP contribution < -0.4 is 5.32 Å². The van der Waals surface area contributed by atoms with Crippen molar-refractivity contribution in [2.75, 3.05) is 11.1 Å². The highest BCUT2D eigenvalue weighted by molar-refractivity contribution is 7.99. The molecule has 0 bridgehead atoms. The van der Waals surface area contributed by atoms with Gasteiger partial charge in [0.05, 0.1) is 11.4 Å². The Kier molecular flexibility index (Phi) is 5.40. The molecule has 0 radical (unpaired) electrons. The Hall–Kier alpha value is -2.73. The molecule has 3 aromatic rings. The van der Waals surface area contributed by atoms with Gasteiger partial charge < -0.3 is 5.32 Å². The predicted molar refractivity (Wildman–Crippen MR) is 101 cm³/mol. The van der Waals surface area contributed by atoms with E-state index in [-0.39, 0.29) is 11.7 Å². The van der Waals surface area contributed by atoms with Crippen LogP contribution in [0.5, 0.6) is 0 Å². The molecule has 0 aliphatic heterocycles. The fourth-order valence-electron chi connectivity index (χ4n) is 2.23. The molecule has 0 saturated heterocycles. The SMILES string of the molecule is Cc1ccc(NC(=O)CSc2ccc(-c3ccncc3)nn2)cc1C. The largest absolute Gasteiger partial charge is 0.325 e. The first-order valence-electron chi connectivity index (χ1n) is 7.86. The van der Waals surface area contributed by atoms with Crippen molar-refractivity contribution in [3.8, 4) is 11.3 Å². The molecule has 1 aromatic carbocycles. The van der Waals surface area contributed by atoms with E-state index in [0.29, 0.717) is 5.03 Å². The van der Waals surface area contributed by atoms with E-state index < -0.39 is 0 Å². The number of hydrogen-bond acceptors (Lipinski definition) is 5. The summed E-state index contributed by atoms with van der Waals surface area (Å²) in [5, 5.41) is 12.0. The van der Waals surface area contributed by atoms with Crippen LogP contribution in [0.3, 0.4) is 0 Å². The predicted octanol–water partition coefficient (Wildman–Crippen LogP) is 3.89. The topological polar surface area (TPSA) is 67.8 Å². The monoisotopic (exact) mass is 350 g/mol. The lowest BCUT2D eigenvalue weighted by molar-refractivity contribution is -0.113. The number of pyridine rings is 1. The molecular formula is C19H18N4OS. The smallest absolute Gasteiger partial charge is 0.234 e. The van der Waals surface area contributed by atoms with Crippen LogP contribution in [0.1, 0.15) is 11.1 Å². The first-order chi connectivity index (χ1) is 12.1. The lowest BCUT2D eigenvalue weighted by Gasteiger charge is -2.07. The minimum Gasteiger partial charge on any atom is -0.325 e. The molecule has 0 fully saturated rings. The normalized spacial score (nSPS) is 10.5. The third-order valence-electron chi connectivity index (χ3n) is 3.76. The highest BCUT2D eigenvalue weighted by Crippen LogP contribution is 2.20. The molecule has 126 valence electrons. The molecule has 1 N–H and O–H groups in total. The Morgan fingerprint density at radius 1 is 1.00 bits per heavy atom. The Balaban J connectivity index is 1.56. The Labute approximate surface area is 150 Å². The summed E-state index contributed by atoms with van der Waals surface area (Å²) >= 11 is 1.36. The van der Waals surface area contributed by atoms with Crippen molar-refractivity contribution in [1.82, 2.24) is 15.2 Å². The molecule has 3 rings (SSSR count). The van der Waals surface area contributed by atoms with Gasteiger partial charge in [0.25, 0.3) is 0 Å². The van der Waals surface area contributed by atoms with Gasteiger partial charge in [-0.1, -0.05) is 17.8 Å². The van der Waals surface area contributed by atoms with E-state index in [1.54, 1.807) is 12.4 Å². The maximum absolute atomic E-state index is 12.1. The molecule has 0 spiro atoms. The Bertz CT molecular complexity index is 866. The fraction of sp³-hybridized carbons (Fsp3) is 0.158. The van der Waals surface area contributed by atoms with Gasteiger partial charge >= 0.3 is 0 Å². The second-order valence-electron chi connectivity index (χ2n) is 5.63. The van der Waals surface area contributed by atoms with E-state index in [1.165, 1.54) is 17.3 Å². The van der Waals surface area contributed by atoms with Crippen LogP contribution in [0.25, 0.3) is 11.3 Å². The fourth-order valence-corrected chi connectivity index (χ4v) is 2.84. The summed E-state index contributed by atoms with van der Waals surface area (Å²) in [5.74, 6) is 0.226. The number of rotatable bonds is 5. The van der Waals surface area contributed by atoms with Crippen LogP contribution in [0.2, 0.25) is 0 Å². The van der Waals surface area contributed by atoms with Crippen LogP contribution >= 0.6 is 11.8 Å². The first kappa shape index (κ1) is 17.1. The van der Waals surface area contributed by atoms with Gasteiger partial charge in [-0.2, -0.15) is 0 Å². The van der Waals surface area contributed by atoms with Crippen LogP contribution in [0, 0.1) is 13.8 Å². The zero-order valence-corrected chi connectivity index (χ0v) is 14.9. The average Bonchev–Trinajstić information content (AvgIpc) is 2.64. The molecule has 5 nitrogen and oxygen atoms in total. The standard InChI is InChI=1S/C19H18N4OS/c1-13-3-4-16(11-14(13)2)21-18(24)12-25-19-6-5-17(22-23-19)15-7-9-20-10-8-15/h3-11H,12H2,1-2H3,(H,21,24). The molecule has 0 atom stereocenters. The van der Waals surface area contributed by atoms with Crippen molar-refractivity contribution in [2.24, 2.45) is 0 Å². The maximum Gasteiger partial charge on any atom is 0.234 e. The highest BCUT2D eigenvalue weighted by Gasteiger charge is 2.07. The number of nitrogens with one attached hydrogen (secondary N) is 1. The van der Waals surface area contributed by atoms with Gasteiger partial charge in [0.1, 0.15) is 5.03 Å². The maximum atomic E-state index is 12.1. The second kappa shape index (κ2) is 7.90. The molecule has 2 heterocycles. The van der Waals surface area contributed by atoms with E-state index in [0.717, 1.165) is 22.5 Å². The molecule has 1 amide bonds. The molecule has 2 aromatic heterocycles. The van der Waals surface area contributed by atoms with Crippen molar-refractivity contribution in [3.05, 3.63) is 66.0 Å². The van der Waals surface area contributed by atoms with E-state index in [1.807, 2.05) is 56.3 Å². The third kappa shape index (κ3) is 4.64. The molecule has 6 heteroatoms. The van der Waals surface area contributed by atoms with Crippen molar-refractivity contribution in [1.29, 1.82) is 0 Å². The minimum atomic E-state index is -0.0618. The third-order valence-corrected chi connectivity index (χ3v) is 4.68. The zero-order chi connectivity index (χ0) is 17.6. The first-order valence-corrected chi connectivity index (χ1v) is 8.84. The zero-order valence-electron chi connectivity index (χ0n) is 14.1. The van der Waals surface area contributed by atoms with Gasteiger partial charge in [-0.25, -0.2) is 0 Å². The average molecular weight is 350 g/mol. The van der Waals surface area contributed by atoms with E-state index in [9.17, 15) is 4.79 Å². The van der Waals surface area contributed by atoms with Gasteiger partial charge in [-0.15, -0.1) is 10.2 Å². The number of nitrogens with zero attached hydrogens (tertiary/aromatic N) is 3. The quantitative estimate of drug-likeness (QED) is 0.707. The summed E-state index contributed by atoms with van der Waals surface area (Å²) in [5.41, 5.74) is 4.92. The van der Waals surface area contributed by atoms with Crippen molar-refractivity contribution in [2.45, 2.75) is 18.9 Å². The number of carbonyl (C=O) groups excluding carboxylic acids is 1. The Morgan fingerprint density at radius 2 is 1.80 bits per heavy atom.